The Labute approximate surface area is 119 Å². The lowest BCUT2D eigenvalue weighted by molar-refractivity contribution is -0.133. The Kier molecular flexibility index (Phi) is 4.74. The molecule has 20 heavy (non-hydrogen) atoms. The van der Waals surface area contributed by atoms with E-state index in [2.05, 4.69) is 5.32 Å². The van der Waals surface area contributed by atoms with Crippen molar-refractivity contribution in [2.45, 2.75) is 31.8 Å². The fourth-order valence-electron chi connectivity index (χ4n) is 2.45. The van der Waals surface area contributed by atoms with E-state index in [9.17, 15) is 9.59 Å². The molecule has 0 unspecified atom stereocenters. The third-order valence-electron chi connectivity index (χ3n) is 3.64. The van der Waals surface area contributed by atoms with Gasteiger partial charge in [0, 0.05) is 19.2 Å². The first-order chi connectivity index (χ1) is 9.58. The van der Waals surface area contributed by atoms with E-state index in [1.165, 1.54) is 0 Å². The third-order valence-corrected chi connectivity index (χ3v) is 3.64. The zero-order chi connectivity index (χ0) is 14.5. The molecule has 1 fully saturated rings. The number of nitrogens with one attached hydrogen (secondary N) is 1. The van der Waals surface area contributed by atoms with E-state index in [0.29, 0.717) is 12.1 Å². The second-order valence-electron chi connectivity index (χ2n) is 5.26. The van der Waals surface area contributed by atoms with Gasteiger partial charge < -0.3 is 16.0 Å². The van der Waals surface area contributed by atoms with E-state index in [1.807, 2.05) is 12.1 Å². The van der Waals surface area contributed by atoms with Gasteiger partial charge in [-0.2, -0.15) is 0 Å². The van der Waals surface area contributed by atoms with Crippen LogP contribution in [0.15, 0.2) is 24.3 Å². The quantitative estimate of drug-likeness (QED) is 0.856. The Hall–Kier alpha value is -1.88. The van der Waals surface area contributed by atoms with Gasteiger partial charge in [-0.3, -0.25) is 9.59 Å². The van der Waals surface area contributed by atoms with Crippen molar-refractivity contribution < 1.29 is 9.59 Å². The van der Waals surface area contributed by atoms with Crippen LogP contribution in [0.4, 0.5) is 0 Å². The van der Waals surface area contributed by atoms with Gasteiger partial charge in [-0.25, -0.2) is 0 Å². The van der Waals surface area contributed by atoms with Crippen molar-refractivity contribution in [3.63, 3.8) is 0 Å². The third kappa shape index (κ3) is 3.57. The normalized spacial score (nSPS) is 18.6. The van der Waals surface area contributed by atoms with Gasteiger partial charge in [0.1, 0.15) is 0 Å². The molecule has 2 amide bonds. The summed E-state index contributed by atoms with van der Waals surface area (Å²) in [5.41, 5.74) is 6.67. The molecule has 5 nitrogen and oxygen atoms in total. The number of carbonyl (C=O) groups is 2. The van der Waals surface area contributed by atoms with Crippen LogP contribution in [0.5, 0.6) is 0 Å². The van der Waals surface area contributed by atoms with Crippen LogP contribution < -0.4 is 11.1 Å². The van der Waals surface area contributed by atoms with Crippen molar-refractivity contribution in [2.24, 2.45) is 5.73 Å². The molecule has 0 aromatic heterocycles. The lowest BCUT2D eigenvalue weighted by Crippen LogP contribution is -2.46. The number of likely N-dealkylation sites (N-methyl/N-ethyl adjacent to an activating group) is 1. The number of rotatable bonds is 4. The highest BCUT2D eigenvalue weighted by Gasteiger charge is 2.23. The number of hydrogen-bond acceptors (Lipinski definition) is 3. The average molecular weight is 275 g/mol. The van der Waals surface area contributed by atoms with Crippen LogP contribution in [-0.2, 0) is 11.3 Å². The molecule has 1 aromatic rings. The van der Waals surface area contributed by atoms with E-state index in [0.717, 1.165) is 31.4 Å². The Morgan fingerprint density at radius 1 is 1.30 bits per heavy atom. The summed E-state index contributed by atoms with van der Waals surface area (Å²) in [6, 6.07) is 6.98. The molecule has 1 heterocycles. The molecule has 1 aliphatic rings. The number of nitrogens with zero attached hydrogens (tertiary/aromatic N) is 1. The van der Waals surface area contributed by atoms with Crippen molar-refractivity contribution in [2.75, 3.05) is 13.6 Å². The molecular weight excluding hydrogens is 254 g/mol. The smallest absolute Gasteiger partial charge is 0.248 e. The fraction of sp³-hybridized carbons (Fsp3) is 0.467. The van der Waals surface area contributed by atoms with Crippen molar-refractivity contribution in [1.29, 1.82) is 0 Å². The van der Waals surface area contributed by atoms with Gasteiger partial charge in [0.25, 0.3) is 0 Å². The van der Waals surface area contributed by atoms with Gasteiger partial charge in [-0.05, 0) is 37.1 Å². The van der Waals surface area contributed by atoms with Gasteiger partial charge in [-0.15, -0.1) is 0 Å². The van der Waals surface area contributed by atoms with Crippen LogP contribution in [0.2, 0.25) is 0 Å². The minimum atomic E-state index is -0.438. The molecule has 108 valence electrons. The second kappa shape index (κ2) is 6.52. The summed E-state index contributed by atoms with van der Waals surface area (Å²) in [5.74, 6) is -0.309. The molecule has 1 atom stereocenters. The van der Waals surface area contributed by atoms with Crippen LogP contribution in [0, 0.1) is 0 Å². The van der Waals surface area contributed by atoms with Crippen LogP contribution in [0.3, 0.4) is 0 Å². The van der Waals surface area contributed by atoms with E-state index >= 15 is 0 Å². The summed E-state index contributed by atoms with van der Waals surface area (Å²) >= 11 is 0. The highest BCUT2D eigenvalue weighted by atomic mass is 16.2. The Balaban J connectivity index is 1.94. The molecular formula is C15H21N3O2. The van der Waals surface area contributed by atoms with E-state index in [1.54, 1.807) is 24.1 Å². The number of benzene rings is 1. The summed E-state index contributed by atoms with van der Waals surface area (Å²) in [6.07, 6.45) is 3.15. The first kappa shape index (κ1) is 14.5. The molecule has 2 rings (SSSR count). The highest BCUT2D eigenvalue weighted by Crippen LogP contribution is 2.12. The summed E-state index contributed by atoms with van der Waals surface area (Å²) in [4.78, 5) is 25.0. The fourth-order valence-corrected chi connectivity index (χ4v) is 2.45. The molecule has 0 spiro atoms. The number of nitrogens with two attached hydrogens (primary N) is 1. The molecule has 0 aliphatic carbocycles. The maximum atomic E-state index is 12.3. The Morgan fingerprint density at radius 2 is 2.00 bits per heavy atom. The summed E-state index contributed by atoms with van der Waals surface area (Å²) in [5, 5.41) is 3.26. The summed E-state index contributed by atoms with van der Waals surface area (Å²) in [6.45, 7) is 1.45. The average Bonchev–Trinajstić information content (AvgIpc) is 2.48. The highest BCUT2D eigenvalue weighted by molar-refractivity contribution is 5.92. The van der Waals surface area contributed by atoms with Crippen molar-refractivity contribution in [3.8, 4) is 0 Å². The number of hydrogen-bond donors (Lipinski definition) is 2. The Morgan fingerprint density at radius 3 is 2.55 bits per heavy atom. The SMILES string of the molecule is CN(Cc1ccc(C(N)=O)cc1)C(=O)[C@@H]1CCCCN1. The predicted molar refractivity (Wildman–Crippen MR) is 77.1 cm³/mol. The van der Waals surface area contributed by atoms with Gasteiger partial charge in [0.15, 0.2) is 0 Å². The van der Waals surface area contributed by atoms with Gasteiger partial charge in [0.2, 0.25) is 11.8 Å². The number of amides is 2. The first-order valence-corrected chi connectivity index (χ1v) is 6.95. The maximum Gasteiger partial charge on any atom is 0.248 e. The van der Waals surface area contributed by atoms with Crippen molar-refractivity contribution in [1.82, 2.24) is 10.2 Å². The van der Waals surface area contributed by atoms with Gasteiger partial charge in [0.05, 0.1) is 6.04 Å². The molecule has 0 bridgehead atoms. The van der Waals surface area contributed by atoms with E-state index < -0.39 is 5.91 Å². The predicted octanol–water partition coefficient (Wildman–Crippen LogP) is 0.886. The molecule has 5 heteroatoms. The Bertz CT molecular complexity index is 478. The minimum Gasteiger partial charge on any atom is -0.366 e. The van der Waals surface area contributed by atoms with Crippen LogP contribution in [-0.4, -0.2) is 36.3 Å². The topological polar surface area (TPSA) is 75.4 Å². The second-order valence-corrected chi connectivity index (χ2v) is 5.26. The zero-order valence-corrected chi connectivity index (χ0v) is 11.8. The van der Waals surface area contributed by atoms with Crippen molar-refractivity contribution in [3.05, 3.63) is 35.4 Å². The van der Waals surface area contributed by atoms with Crippen molar-refractivity contribution >= 4 is 11.8 Å². The number of carbonyl (C=O) groups excluding carboxylic acids is 2. The maximum absolute atomic E-state index is 12.3. The van der Waals surface area contributed by atoms with E-state index in [4.69, 9.17) is 5.73 Å². The number of primary amides is 1. The standard InChI is InChI=1S/C15H21N3O2/c1-18(15(20)13-4-2-3-9-17-13)10-11-5-7-12(8-6-11)14(16)19/h5-8,13,17H,2-4,9-10H2,1H3,(H2,16,19)/t13-/m0/s1. The van der Waals surface area contributed by atoms with Crippen LogP contribution >= 0.6 is 0 Å². The molecule has 0 radical (unpaired) electrons. The van der Waals surface area contributed by atoms with Crippen LogP contribution in [0.25, 0.3) is 0 Å². The molecule has 0 saturated carbocycles. The zero-order valence-electron chi connectivity index (χ0n) is 11.8. The van der Waals surface area contributed by atoms with E-state index in [-0.39, 0.29) is 11.9 Å². The lowest BCUT2D eigenvalue weighted by atomic mass is 10.0. The number of piperidine rings is 1. The summed E-state index contributed by atoms with van der Waals surface area (Å²) < 4.78 is 0. The van der Waals surface area contributed by atoms with Crippen LogP contribution in [0.1, 0.15) is 35.2 Å². The van der Waals surface area contributed by atoms with Gasteiger partial charge >= 0.3 is 0 Å². The lowest BCUT2D eigenvalue weighted by Gasteiger charge is -2.27. The monoisotopic (exact) mass is 275 g/mol. The largest absolute Gasteiger partial charge is 0.366 e. The molecule has 1 aromatic carbocycles. The first-order valence-electron chi connectivity index (χ1n) is 6.95. The summed E-state index contributed by atoms with van der Waals surface area (Å²) in [7, 11) is 1.81. The molecule has 1 aliphatic heterocycles. The van der Waals surface area contributed by atoms with Gasteiger partial charge in [-0.1, -0.05) is 18.6 Å². The molecule has 1 saturated heterocycles. The molecule has 3 N–H and O–H groups in total. The minimum absolute atomic E-state index is 0.0568.